The second-order valence-electron chi connectivity index (χ2n) is 6.91. The van der Waals surface area contributed by atoms with E-state index in [1.165, 1.54) is 0 Å². The maximum Gasteiger partial charge on any atom is 0.407 e. The molecule has 5 nitrogen and oxygen atoms in total. The maximum atomic E-state index is 11.9. The summed E-state index contributed by atoms with van der Waals surface area (Å²) in [6, 6.07) is 5.24. The van der Waals surface area contributed by atoms with Crippen LogP contribution in [0.2, 0.25) is 5.02 Å². The fourth-order valence-corrected chi connectivity index (χ4v) is 3.03. The third-order valence-corrected chi connectivity index (χ3v) is 4.21. The van der Waals surface area contributed by atoms with Gasteiger partial charge in [0.25, 0.3) is 0 Å². The van der Waals surface area contributed by atoms with E-state index in [2.05, 4.69) is 10.6 Å². The molecule has 128 valence electrons. The lowest BCUT2D eigenvalue weighted by molar-refractivity contribution is 0.0498. The van der Waals surface area contributed by atoms with Crippen LogP contribution in [0.25, 0.3) is 0 Å². The highest BCUT2D eigenvalue weighted by atomic mass is 35.5. The van der Waals surface area contributed by atoms with E-state index in [9.17, 15) is 9.90 Å². The molecule has 1 aromatic rings. The Morgan fingerprint density at radius 2 is 2.04 bits per heavy atom. The fourth-order valence-electron chi connectivity index (χ4n) is 2.79. The van der Waals surface area contributed by atoms with Gasteiger partial charge in [-0.1, -0.05) is 17.7 Å². The summed E-state index contributed by atoms with van der Waals surface area (Å²) in [7, 11) is 0. The van der Waals surface area contributed by atoms with Gasteiger partial charge >= 0.3 is 6.09 Å². The molecular weight excluding hydrogens is 316 g/mol. The quantitative estimate of drug-likeness (QED) is 0.783. The van der Waals surface area contributed by atoms with Crippen LogP contribution in [0.3, 0.4) is 0 Å². The molecule has 1 aliphatic rings. The molecule has 1 fully saturated rings. The first kappa shape index (κ1) is 17.9. The first-order valence-corrected chi connectivity index (χ1v) is 8.33. The average Bonchev–Trinajstić information content (AvgIpc) is 2.83. The molecule has 0 radical (unpaired) electrons. The Labute approximate surface area is 142 Å². The van der Waals surface area contributed by atoms with E-state index >= 15 is 0 Å². The van der Waals surface area contributed by atoms with Crippen LogP contribution < -0.4 is 10.6 Å². The van der Waals surface area contributed by atoms with Crippen LogP contribution in [0.4, 0.5) is 4.79 Å². The van der Waals surface area contributed by atoms with E-state index in [-0.39, 0.29) is 17.8 Å². The van der Waals surface area contributed by atoms with Crippen LogP contribution in [-0.2, 0) is 11.3 Å². The van der Waals surface area contributed by atoms with E-state index < -0.39 is 11.7 Å². The third kappa shape index (κ3) is 5.29. The highest BCUT2D eigenvalue weighted by Crippen LogP contribution is 2.26. The van der Waals surface area contributed by atoms with E-state index in [1.807, 2.05) is 20.8 Å². The lowest BCUT2D eigenvalue weighted by Gasteiger charge is -2.25. The Kier molecular flexibility index (Phi) is 5.76. The van der Waals surface area contributed by atoms with E-state index in [1.54, 1.807) is 18.2 Å². The standard InChI is InChI=1S/C17H25ClN2O3/c1-17(2,3)23-16(22)20-14-8-5-7-13(14)19-10-11-12(18)6-4-9-15(11)21/h4,6,9,13-14,19,21H,5,7-8,10H2,1-3H3,(H,20,22). The molecule has 0 aliphatic heterocycles. The molecule has 6 heteroatoms. The number of halogens is 1. The van der Waals surface area contributed by atoms with Crippen molar-refractivity contribution in [3.63, 3.8) is 0 Å². The molecule has 1 aliphatic carbocycles. The Hall–Kier alpha value is -1.46. The van der Waals surface area contributed by atoms with Gasteiger partial charge in [-0.25, -0.2) is 4.79 Å². The van der Waals surface area contributed by atoms with Crippen molar-refractivity contribution >= 4 is 17.7 Å². The number of nitrogens with one attached hydrogen (secondary N) is 2. The average molecular weight is 341 g/mol. The van der Waals surface area contributed by atoms with Crippen molar-refractivity contribution in [3.8, 4) is 5.75 Å². The highest BCUT2D eigenvalue weighted by molar-refractivity contribution is 6.31. The molecule has 1 saturated carbocycles. The van der Waals surface area contributed by atoms with Crippen LogP contribution in [0.5, 0.6) is 5.75 Å². The van der Waals surface area contributed by atoms with Crippen LogP contribution >= 0.6 is 11.6 Å². The van der Waals surface area contributed by atoms with Crippen LogP contribution in [0.15, 0.2) is 18.2 Å². The van der Waals surface area contributed by atoms with Crippen LogP contribution in [0, 0.1) is 0 Å². The summed E-state index contributed by atoms with van der Waals surface area (Å²) >= 11 is 6.12. The molecule has 0 spiro atoms. The van der Waals surface area contributed by atoms with Crippen molar-refractivity contribution in [2.24, 2.45) is 0 Å². The molecule has 23 heavy (non-hydrogen) atoms. The van der Waals surface area contributed by atoms with E-state index in [4.69, 9.17) is 16.3 Å². The van der Waals surface area contributed by atoms with Crippen molar-refractivity contribution in [2.75, 3.05) is 0 Å². The molecule has 1 aromatic carbocycles. The van der Waals surface area contributed by atoms with E-state index in [0.29, 0.717) is 17.1 Å². The van der Waals surface area contributed by atoms with Gasteiger partial charge in [0, 0.05) is 29.2 Å². The number of carbonyl (C=O) groups excluding carboxylic acids is 1. The topological polar surface area (TPSA) is 70.6 Å². The molecule has 0 bridgehead atoms. The summed E-state index contributed by atoms with van der Waals surface area (Å²) in [5, 5.41) is 16.7. The highest BCUT2D eigenvalue weighted by Gasteiger charge is 2.30. The first-order chi connectivity index (χ1) is 10.8. The largest absolute Gasteiger partial charge is 0.508 e. The third-order valence-electron chi connectivity index (χ3n) is 3.85. The fraction of sp³-hybridized carbons (Fsp3) is 0.588. The molecule has 0 saturated heterocycles. The van der Waals surface area contributed by atoms with Gasteiger partial charge in [0.2, 0.25) is 0 Å². The van der Waals surface area contributed by atoms with Gasteiger partial charge in [0.1, 0.15) is 11.4 Å². The number of hydrogen-bond donors (Lipinski definition) is 3. The van der Waals surface area contributed by atoms with Crippen molar-refractivity contribution in [2.45, 2.75) is 64.3 Å². The van der Waals surface area contributed by atoms with Gasteiger partial charge in [0.15, 0.2) is 0 Å². The van der Waals surface area contributed by atoms with Gasteiger partial charge in [-0.15, -0.1) is 0 Å². The van der Waals surface area contributed by atoms with E-state index in [0.717, 1.165) is 19.3 Å². The molecule has 0 heterocycles. The molecule has 0 aromatic heterocycles. The molecular formula is C17H25ClN2O3. The lowest BCUT2D eigenvalue weighted by atomic mass is 10.1. The second kappa shape index (κ2) is 7.41. The lowest BCUT2D eigenvalue weighted by Crippen LogP contribution is -2.47. The minimum Gasteiger partial charge on any atom is -0.508 e. The number of ether oxygens (including phenoxy) is 1. The number of phenols is 1. The summed E-state index contributed by atoms with van der Waals surface area (Å²) in [6.45, 7) is 5.99. The Balaban J connectivity index is 1.91. The van der Waals surface area contributed by atoms with Crippen molar-refractivity contribution in [1.29, 1.82) is 0 Å². The number of carbonyl (C=O) groups is 1. The Bertz CT molecular complexity index is 537. The number of rotatable bonds is 4. The zero-order chi connectivity index (χ0) is 17.0. The van der Waals surface area contributed by atoms with Crippen molar-refractivity contribution in [1.82, 2.24) is 10.6 Å². The number of phenolic OH excluding ortho intramolecular Hbond substituents is 1. The zero-order valence-corrected chi connectivity index (χ0v) is 14.6. The van der Waals surface area contributed by atoms with Crippen molar-refractivity contribution in [3.05, 3.63) is 28.8 Å². The molecule has 3 N–H and O–H groups in total. The monoisotopic (exact) mass is 340 g/mol. The molecule has 2 unspecified atom stereocenters. The predicted octanol–water partition coefficient (Wildman–Crippen LogP) is 3.58. The summed E-state index contributed by atoms with van der Waals surface area (Å²) in [5.41, 5.74) is 0.173. The summed E-state index contributed by atoms with van der Waals surface area (Å²) in [5.74, 6) is 0.180. The predicted molar refractivity (Wildman–Crippen MR) is 90.8 cm³/mol. The Morgan fingerprint density at radius 3 is 2.70 bits per heavy atom. The summed E-state index contributed by atoms with van der Waals surface area (Å²) in [4.78, 5) is 11.9. The number of alkyl carbamates (subject to hydrolysis) is 1. The minimum absolute atomic E-state index is 0.0227. The number of hydrogen-bond acceptors (Lipinski definition) is 4. The summed E-state index contributed by atoms with van der Waals surface area (Å²) in [6.07, 6.45) is 2.51. The molecule has 2 rings (SSSR count). The van der Waals surface area contributed by atoms with Crippen molar-refractivity contribution < 1.29 is 14.6 Å². The smallest absolute Gasteiger partial charge is 0.407 e. The Morgan fingerprint density at radius 1 is 1.35 bits per heavy atom. The summed E-state index contributed by atoms with van der Waals surface area (Å²) < 4.78 is 5.31. The normalized spacial score (nSPS) is 21.2. The van der Waals surface area contributed by atoms with Gasteiger partial charge < -0.3 is 20.5 Å². The molecule has 2 atom stereocenters. The van der Waals surface area contributed by atoms with Crippen LogP contribution in [-0.4, -0.2) is 28.9 Å². The second-order valence-corrected chi connectivity index (χ2v) is 7.32. The van der Waals surface area contributed by atoms with Gasteiger partial charge in [-0.2, -0.15) is 0 Å². The van der Waals surface area contributed by atoms with Gasteiger partial charge in [-0.3, -0.25) is 0 Å². The SMILES string of the molecule is CC(C)(C)OC(=O)NC1CCCC1NCc1c(O)cccc1Cl. The van der Waals surface area contributed by atoms with Gasteiger partial charge in [-0.05, 0) is 52.2 Å². The number of amides is 1. The minimum atomic E-state index is -0.505. The zero-order valence-electron chi connectivity index (χ0n) is 13.9. The number of aromatic hydroxyl groups is 1. The first-order valence-electron chi connectivity index (χ1n) is 7.95. The molecule has 1 amide bonds. The van der Waals surface area contributed by atoms with Crippen LogP contribution in [0.1, 0.15) is 45.6 Å². The maximum absolute atomic E-state index is 11.9. The van der Waals surface area contributed by atoms with Gasteiger partial charge in [0.05, 0.1) is 0 Å². The number of benzene rings is 1.